The minimum atomic E-state index is -0.278. The van der Waals surface area contributed by atoms with Gasteiger partial charge in [0.1, 0.15) is 6.54 Å². The quantitative estimate of drug-likeness (QED) is 0.814. The highest BCUT2D eigenvalue weighted by Crippen LogP contribution is 2.17. The highest BCUT2D eigenvalue weighted by Gasteiger charge is 2.08. The fourth-order valence-electron chi connectivity index (χ4n) is 1.67. The van der Waals surface area contributed by atoms with E-state index in [0.717, 1.165) is 11.0 Å². The number of hydrogen-bond acceptors (Lipinski definition) is 4. The van der Waals surface area contributed by atoms with Crippen molar-refractivity contribution in [3.8, 4) is 0 Å². The molecule has 5 heteroatoms. The Kier molecular flexibility index (Phi) is 3.27. The van der Waals surface area contributed by atoms with Crippen LogP contribution in [-0.2, 0) is 16.6 Å². The second-order valence-electron chi connectivity index (χ2n) is 3.64. The number of carbonyl (C=O) groups is 1. The molecular weight excluding hydrogens is 218 g/mol. The molecule has 0 saturated heterocycles. The van der Waals surface area contributed by atoms with Crippen molar-refractivity contribution in [3.05, 3.63) is 24.3 Å². The fourth-order valence-corrected chi connectivity index (χ4v) is 1.67. The van der Waals surface area contributed by atoms with Gasteiger partial charge in [0.05, 0.1) is 17.6 Å². The van der Waals surface area contributed by atoms with Gasteiger partial charge < -0.3 is 14.6 Å². The highest BCUT2D eigenvalue weighted by molar-refractivity contribution is 5.80. The van der Waals surface area contributed by atoms with Gasteiger partial charge in [0.15, 0.2) is 0 Å². The minimum absolute atomic E-state index is 0.130. The molecule has 1 aromatic carbocycles. The monoisotopic (exact) mass is 233 g/mol. The average molecular weight is 233 g/mol. The third kappa shape index (κ3) is 2.38. The van der Waals surface area contributed by atoms with E-state index in [1.165, 1.54) is 0 Å². The van der Waals surface area contributed by atoms with Crippen molar-refractivity contribution < 1.29 is 9.53 Å². The number of nitrogens with zero attached hydrogens (tertiary/aromatic N) is 2. The van der Waals surface area contributed by atoms with Gasteiger partial charge in [-0.05, 0) is 19.1 Å². The largest absolute Gasteiger partial charge is 0.465 e. The van der Waals surface area contributed by atoms with E-state index in [1.54, 1.807) is 6.92 Å². The van der Waals surface area contributed by atoms with E-state index in [0.29, 0.717) is 12.6 Å². The molecule has 2 rings (SSSR count). The molecular formula is C12H15N3O2. The first-order valence-corrected chi connectivity index (χ1v) is 5.53. The lowest BCUT2D eigenvalue weighted by Gasteiger charge is -2.05. The number of benzene rings is 1. The molecule has 0 aliphatic rings. The van der Waals surface area contributed by atoms with Crippen LogP contribution in [0.15, 0.2) is 24.3 Å². The number of aromatic nitrogens is 2. The maximum atomic E-state index is 11.2. The Morgan fingerprint density at radius 2 is 2.24 bits per heavy atom. The van der Waals surface area contributed by atoms with Gasteiger partial charge in [-0.2, -0.15) is 0 Å². The zero-order valence-electron chi connectivity index (χ0n) is 9.93. The summed E-state index contributed by atoms with van der Waals surface area (Å²) in [5.74, 6) is 0.388. The average Bonchev–Trinajstić information content (AvgIpc) is 2.65. The number of anilines is 1. The number of esters is 1. The van der Waals surface area contributed by atoms with Crippen LogP contribution >= 0.6 is 0 Å². The zero-order chi connectivity index (χ0) is 12.3. The van der Waals surface area contributed by atoms with Gasteiger partial charge in [-0.25, -0.2) is 4.98 Å². The molecule has 2 aromatic rings. The molecule has 0 aliphatic heterocycles. The predicted molar refractivity (Wildman–Crippen MR) is 65.8 cm³/mol. The number of aryl methyl sites for hydroxylation is 1. The van der Waals surface area contributed by atoms with Crippen LogP contribution < -0.4 is 5.32 Å². The first kappa shape index (κ1) is 11.4. The Bertz CT molecular complexity index is 534. The second-order valence-corrected chi connectivity index (χ2v) is 3.64. The van der Waals surface area contributed by atoms with Gasteiger partial charge in [0.2, 0.25) is 5.95 Å². The molecule has 0 saturated carbocycles. The normalized spacial score (nSPS) is 10.5. The Labute approximate surface area is 99.4 Å². The van der Waals surface area contributed by atoms with Crippen LogP contribution in [0.1, 0.15) is 6.92 Å². The molecule has 0 radical (unpaired) electrons. The number of fused-ring (bicyclic) bond motifs is 1. The highest BCUT2D eigenvalue weighted by atomic mass is 16.5. The lowest BCUT2D eigenvalue weighted by molar-refractivity contribution is -0.140. The van der Waals surface area contributed by atoms with E-state index >= 15 is 0 Å². The molecule has 1 aromatic heterocycles. The maximum Gasteiger partial charge on any atom is 0.325 e. The standard InChI is InChI=1S/C12H15N3O2/c1-3-17-11(16)8-13-12-14-9-6-4-5-7-10(9)15(12)2/h4-7H,3,8H2,1-2H3,(H,13,14). The summed E-state index contributed by atoms with van der Waals surface area (Å²) < 4.78 is 6.75. The van der Waals surface area contributed by atoms with Crippen molar-refractivity contribution in [3.63, 3.8) is 0 Å². The number of hydrogen-bond donors (Lipinski definition) is 1. The van der Waals surface area contributed by atoms with E-state index < -0.39 is 0 Å². The Balaban J connectivity index is 2.14. The Hall–Kier alpha value is -2.04. The number of imidazole rings is 1. The fraction of sp³-hybridized carbons (Fsp3) is 0.333. The van der Waals surface area contributed by atoms with Crippen molar-refractivity contribution in [1.29, 1.82) is 0 Å². The first-order valence-electron chi connectivity index (χ1n) is 5.53. The molecule has 0 fully saturated rings. The molecule has 90 valence electrons. The predicted octanol–water partition coefficient (Wildman–Crippen LogP) is 1.55. The minimum Gasteiger partial charge on any atom is -0.465 e. The van der Waals surface area contributed by atoms with Crippen LogP contribution in [0.2, 0.25) is 0 Å². The molecule has 0 unspecified atom stereocenters. The van der Waals surface area contributed by atoms with E-state index in [1.807, 2.05) is 35.9 Å². The van der Waals surface area contributed by atoms with Gasteiger partial charge in [-0.15, -0.1) is 0 Å². The molecule has 0 atom stereocenters. The second kappa shape index (κ2) is 4.86. The Morgan fingerprint density at radius 1 is 1.47 bits per heavy atom. The number of para-hydroxylation sites is 2. The number of nitrogens with one attached hydrogen (secondary N) is 1. The summed E-state index contributed by atoms with van der Waals surface area (Å²) in [6.07, 6.45) is 0. The summed E-state index contributed by atoms with van der Waals surface area (Å²) in [5.41, 5.74) is 1.93. The van der Waals surface area contributed by atoms with Gasteiger partial charge in [0.25, 0.3) is 0 Å². The molecule has 0 amide bonds. The van der Waals surface area contributed by atoms with Crippen LogP contribution in [0.3, 0.4) is 0 Å². The molecule has 5 nitrogen and oxygen atoms in total. The van der Waals surface area contributed by atoms with Crippen molar-refractivity contribution in [2.75, 3.05) is 18.5 Å². The number of carbonyl (C=O) groups excluding carboxylic acids is 1. The summed E-state index contributed by atoms with van der Waals surface area (Å²) >= 11 is 0. The number of ether oxygens (including phenoxy) is 1. The van der Waals surface area contributed by atoms with Gasteiger partial charge in [0, 0.05) is 7.05 Å². The first-order chi connectivity index (χ1) is 8.22. The third-order valence-electron chi connectivity index (χ3n) is 2.48. The third-order valence-corrected chi connectivity index (χ3v) is 2.48. The SMILES string of the molecule is CCOC(=O)CNc1nc2ccccc2n1C. The summed E-state index contributed by atoms with van der Waals surface area (Å²) in [6, 6.07) is 7.81. The summed E-state index contributed by atoms with van der Waals surface area (Å²) in [6.45, 7) is 2.31. The van der Waals surface area contributed by atoms with Crippen LogP contribution in [-0.4, -0.2) is 28.7 Å². The molecule has 0 bridgehead atoms. The van der Waals surface area contributed by atoms with Gasteiger partial charge in [-0.1, -0.05) is 12.1 Å². The number of rotatable bonds is 4. The topological polar surface area (TPSA) is 56.1 Å². The van der Waals surface area contributed by atoms with Gasteiger partial charge in [-0.3, -0.25) is 4.79 Å². The van der Waals surface area contributed by atoms with Gasteiger partial charge >= 0.3 is 5.97 Å². The molecule has 1 heterocycles. The summed E-state index contributed by atoms with van der Waals surface area (Å²) in [7, 11) is 1.91. The van der Waals surface area contributed by atoms with Crippen molar-refractivity contribution in [1.82, 2.24) is 9.55 Å². The lowest BCUT2D eigenvalue weighted by atomic mass is 10.3. The van der Waals surface area contributed by atoms with E-state index in [2.05, 4.69) is 10.3 Å². The van der Waals surface area contributed by atoms with Crippen LogP contribution in [0, 0.1) is 0 Å². The maximum absolute atomic E-state index is 11.2. The van der Waals surface area contributed by atoms with E-state index in [9.17, 15) is 4.79 Å². The van der Waals surface area contributed by atoms with E-state index in [4.69, 9.17) is 4.74 Å². The van der Waals surface area contributed by atoms with Crippen molar-refractivity contribution in [2.24, 2.45) is 7.05 Å². The van der Waals surface area contributed by atoms with Crippen LogP contribution in [0.25, 0.3) is 11.0 Å². The van der Waals surface area contributed by atoms with Crippen molar-refractivity contribution >= 4 is 23.0 Å². The van der Waals surface area contributed by atoms with Crippen LogP contribution in [0.5, 0.6) is 0 Å². The lowest BCUT2D eigenvalue weighted by Crippen LogP contribution is -2.18. The Morgan fingerprint density at radius 3 is 2.94 bits per heavy atom. The molecule has 0 spiro atoms. The van der Waals surface area contributed by atoms with E-state index in [-0.39, 0.29) is 12.5 Å². The molecule has 17 heavy (non-hydrogen) atoms. The smallest absolute Gasteiger partial charge is 0.325 e. The summed E-state index contributed by atoms with van der Waals surface area (Å²) in [5, 5.41) is 2.96. The van der Waals surface area contributed by atoms with Crippen LogP contribution in [0.4, 0.5) is 5.95 Å². The molecule has 0 aliphatic carbocycles. The van der Waals surface area contributed by atoms with Crippen molar-refractivity contribution in [2.45, 2.75) is 6.92 Å². The molecule has 1 N–H and O–H groups in total. The summed E-state index contributed by atoms with van der Waals surface area (Å²) in [4.78, 5) is 15.6. The zero-order valence-corrected chi connectivity index (χ0v) is 9.93.